The zero-order valence-corrected chi connectivity index (χ0v) is 11.4. The van der Waals surface area contributed by atoms with Crippen molar-refractivity contribution in [1.29, 1.82) is 0 Å². The van der Waals surface area contributed by atoms with Crippen LogP contribution in [0.5, 0.6) is 0 Å². The van der Waals surface area contributed by atoms with Crippen molar-refractivity contribution >= 4 is 10.4 Å². The molecule has 0 aliphatic heterocycles. The Morgan fingerprint density at radius 2 is 1.45 bits per heavy atom. The molecule has 0 saturated carbocycles. The molecule has 9 heteroatoms. The van der Waals surface area contributed by atoms with Gasteiger partial charge in [0.05, 0.1) is 6.61 Å². The van der Waals surface area contributed by atoms with Crippen molar-refractivity contribution in [2.45, 2.75) is 6.92 Å². The van der Waals surface area contributed by atoms with E-state index >= 15 is 0 Å². The summed E-state index contributed by atoms with van der Waals surface area (Å²) in [4.78, 5) is 3.54. The zero-order chi connectivity index (χ0) is 7.91. The molecule has 1 N–H and O–H groups in total. The molecule has 0 radical (unpaired) electrons. The third-order valence-electron chi connectivity index (χ3n) is 0.129. The predicted octanol–water partition coefficient (Wildman–Crippen LogP) is -6.83. The van der Waals surface area contributed by atoms with Crippen LogP contribution in [0.1, 0.15) is 6.92 Å². The fraction of sp³-hybridized carbons (Fsp3) is 1.00. The van der Waals surface area contributed by atoms with E-state index in [1.165, 1.54) is 0 Å². The SMILES string of the molecule is CCOO.O=S(=O)([O-])[O-].[Na+].[Na+]. The molecule has 6 nitrogen and oxygen atoms in total. The first kappa shape index (κ1) is 23.0. The number of rotatable bonds is 1. The van der Waals surface area contributed by atoms with Gasteiger partial charge in [0.1, 0.15) is 0 Å². The molecule has 0 aromatic rings. The van der Waals surface area contributed by atoms with Crippen molar-refractivity contribution in [2.24, 2.45) is 0 Å². The van der Waals surface area contributed by atoms with E-state index in [1.807, 2.05) is 0 Å². The quantitative estimate of drug-likeness (QED) is 0.149. The van der Waals surface area contributed by atoms with E-state index in [9.17, 15) is 0 Å². The largest absolute Gasteiger partial charge is 1.00 e. The van der Waals surface area contributed by atoms with E-state index in [1.54, 1.807) is 6.92 Å². The van der Waals surface area contributed by atoms with E-state index in [0.29, 0.717) is 6.61 Å². The second-order valence-electron chi connectivity index (χ2n) is 0.826. The van der Waals surface area contributed by atoms with E-state index in [2.05, 4.69) is 4.89 Å². The Labute approximate surface area is 109 Å². The summed E-state index contributed by atoms with van der Waals surface area (Å²) >= 11 is 0. The summed E-state index contributed by atoms with van der Waals surface area (Å²) in [6, 6.07) is 0. The Balaban J connectivity index is -0.0000000383. The van der Waals surface area contributed by atoms with Gasteiger partial charge in [0, 0.05) is 10.4 Å². The fourth-order valence-corrected chi connectivity index (χ4v) is 0. The summed E-state index contributed by atoms with van der Waals surface area (Å²) in [7, 11) is -5.17. The standard InChI is InChI=1S/C2H6O2.2Na.H2O4S/c1-2-4-3;;;1-5(2,3)4/h3H,2H2,1H3;;;(H2,1,2,3,4)/q;2*+1;/p-2. The van der Waals surface area contributed by atoms with E-state index < -0.39 is 10.4 Å². The van der Waals surface area contributed by atoms with E-state index in [0.717, 1.165) is 0 Å². The maximum atomic E-state index is 8.52. The van der Waals surface area contributed by atoms with Crippen LogP contribution in [-0.2, 0) is 15.3 Å². The van der Waals surface area contributed by atoms with Gasteiger partial charge in [0.15, 0.2) is 0 Å². The van der Waals surface area contributed by atoms with E-state index in [4.69, 9.17) is 22.8 Å². The average Bonchev–Trinajstić information content (AvgIpc) is 1.61. The molecular weight excluding hydrogens is 198 g/mol. The first-order chi connectivity index (χ1) is 3.91. The van der Waals surface area contributed by atoms with Gasteiger partial charge in [-0.3, -0.25) is 13.7 Å². The third kappa shape index (κ3) is 145. The van der Waals surface area contributed by atoms with Gasteiger partial charge in [-0.1, -0.05) is 0 Å². The average molecular weight is 204 g/mol. The molecule has 0 aromatic heterocycles. The van der Waals surface area contributed by atoms with Gasteiger partial charge in [-0.25, -0.2) is 4.89 Å². The number of hydrogen-bond donors (Lipinski definition) is 1. The Morgan fingerprint density at radius 3 is 1.45 bits per heavy atom. The third-order valence-corrected chi connectivity index (χ3v) is 0.129. The minimum atomic E-state index is -5.17. The molecule has 0 amide bonds. The van der Waals surface area contributed by atoms with Crippen molar-refractivity contribution in [3.8, 4) is 0 Å². The van der Waals surface area contributed by atoms with Gasteiger partial charge >= 0.3 is 59.1 Å². The summed E-state index contributed by atoms with van der Waals surface area (Å²) in [6.07, 6.45) is 0. The summed E-state index contributed by atoms with van der Waals surface area (Å²) in [5.74, 6) is 0. The first-order valence-electron chi connectivity index (χ1n) is 1.85. The Hall–Kier alpha value is 1.79. The van der Waals surface area contributed by atoms with Crippen molar-refractivity contribution in [1.82, 2.24) is 0 Å². The van der Waals surface area contributed by atoms with Crippen molar-refractivity contribution in [3.63, 3.8) is 0 Å². The van der Waals surface area contributed by atoms with Gasteiger partial charge in [0.2, 0.25) is 0 Å². The van der Waals surface area contributed by atoms with Gasteiger partial charge in [0.25, 0.3) is 0 Å². The second-order valence-corrected chi connectivity index (χ2v) is 1.64. The minimum Gasteiger partial charge on any atom is -0.759 e. The molecule has 0 atom stereocenters. The Morgan fingerprint density at radius 1 is 1.36 bits per heavy atom. The summed E-state index contributed by atoms with van der Waals surface area (Å²) in [5, 5.41) is 7.38. The second kappa shape index (κ2) is 14.3. The number of hydrogen-bond acceptors (Lipinski definition) is 6. The molecule has 0 unspecified atom stereocenters. The van der Waals surface area contributed by atoms with Gasteiger partial charge in [-0.05, 0) is 6.92 Å². The Kier molecular flexibility index (Phi) is 30.0. The molecule has 0 fully saturated rings. The minimum absolute atomic E-state index is 0. The smallest absolute Gasteiger partial charge is 0.759 e. The van der Waals surface area contributed by atoms with Crippen LogP contribution in [0.15, 0.2) is 0 Å². The van der Waals surface area contributed by atoms with Gasteiger partial charge < -0.3 is 9.11 Å². The fourth-order valence-electron chi connectivity index (χ4n) is 0. The monoisotopic (exact) mass is 204 g/mol. The molecule has 11 heavy (non-hydrogen) atoms. The molecule has 0 aliphatic rings. The molecule has 0 spiro atoms. The zero-order valence-electron chi connectivity index (χ0n) is 6.60. The van der Waals surface area contributed by atoms with Crippen molar-refractivity contribution in [2.75, 3.05) is 6.61 Å². The van der Waals surface area contributed by atoms with E-state index in [-0.39, 0.29) is 59.1 Å². The molecule has 0 heterocycles. The van der Waals surface area contributed by atoms with Crippen LogP contribution in [0, 0.1) is 0 Å². The first-order valence-corrected chi connectivity index (χ1v) is 3.18. The van der Waals surface area contributed by atoms with Crippen molar-refractivity contribution < 1.29 is 86.8 Å². The summed E-state index contributed by atoms with van der Waals surface area (Å²) < 4.78 is 34.1. The summed E-state index contributed by atoms with van der Waals surface area (Å²) in [5.41, 5.74) is 0. The maximum absolute atomic E-state index is 8.52. The Bertz CT molecular complexity index is 122. The van der Waals surface area contributed by atoms with Gasteiger partial charge in [-0.15, -0.1) is 0 Å². The molecule has 0 rings (SSSR count). The maximum Gasteiger partial charge on any atom is 1.00 e. The molecule has 58 valence electrons. The molecule has 0 saturated heterocycles. The van der Waals surface area contributed by atoms with Crippen LogP contribution < -0.4 is 59.1 Å². The molecule has 0 aliphatic carbocycles. The van der Waals surface area contributed by atoms with Crippen LogP contribution in [0.2, 0.25) is 0 Å². The van der Waals surface area contributed by atoms with Crippen LogP contribution in [-0.4, -0.2) is 29.4 Å². The van der Waals surface area contributed by atoms with Crippen LogP contribution in [0.25, 0.3) is 0 Å². The summed E-state index contributed by atoms with van der Waals surface area (Å²) in [6.45, 7) is 2.08. The molecule has 0 aromatic carbocycles. The molecule has 0 bridgehead atoms. The predicted molar refractivity (Wildman–Crippen MR) is 24.7 cm³/mol. The topological polar surface area (TPSA) is 110 Å². The van der Waals surface area contributed by atoms with Crippen LogP contribution >= 0.6 is 0 Å². The normalized spacial score (nSPS) is 8.00. The van der Waals surface area contributed by atoms with Crippen LogP contribution in [0.4, 0.5) is 0 Å². The molecular formula is C2H6Na2O6S. The van der Waals surface area contributed by atoms with Crippen molar-refractivity contribution in [3.05, 3.63) is 0 Å². The van der Waals surface area contributed by atoms with Gasteiger partial charge in [-0.2, -0.15) is 0 Å². The van der Waals surface area contributed by atoms with Crippen LogP contribution in [0.3, 0.4) is 0 Å².